The van der Waals surface area contributed by atoms with Crippen LogP contribution in [0.3, 0.4) is 0 Å². The number of methoxy groups -OCH3 is 2. The topological polar surface area (TPSA) is 153 Å². The quantitative estimate of drug-likeness (QED) is 0.156. The Hall–Kier alpha value is -4.45. The minimum atomic E-state index is -2.92. The Bertz CT molecular complexity index is 1690. The molecule has 1 saturated heterocycles. The number of fused-ring (bicyclic) bond motifs is 1. The highest BCUT2D eigenvalue weighted by Gasteiger charge is 2.46. The Balaban J connectivity index is 1.40. The lowest BCUT2D eigenvalue weighted by molar-refractivity contribution is -0.0903. The Morgan fingerprint density at radius 2 is 1.55 bits per heavy atom. The molecule has 0 aliphatic carbocycles. The normalized spacial score (nSPS) is 18.8. The first kappa shape index (κ1) is 29.6. The van der Waals surface area contributed by atoms with Crippen molar-refractivity contribution in [2.75, 3.05) is 26.6 Å². The molecule has 226 valence electrons. The van der Waals surface area contributed by atoms with Crippen LogP contribution in [-0.2, 0) is 24.2 Å². The predicted octanol–water partition coefficient (Wildman–Crippen LogP) is 4.76. The smallest absolute Gasteiger partial charge is 0.497 e. The molecule has 4 atom stereocenters. The van der Waals surface area contributed by atoms with E-state index in [1.807, 2.05) is 78.9 Å². The van der Waals surface area contributed by atoms with E-state index in [4.69, 9.17) is 29.2 Å². The number of nitrogen functional groups attached to an aromatic ring is 1. The molecule has 0 spiro atoms. The van der Waals surface area contributed by atoms with Crippen LogP contribution in [0.2, 0.25) is 0 Å². The minimum absolute atomic E-state index is 0.00104. The SMILES string of the molecule is COc1ccc(C(OC[C@H]2O[C@@H](n3cnc4c(N)ncnc43)C[C@@H]2O[P+](=O)O)(c2ccccc2)c2ccc(OC)cc2)cc1. The molecule has 5 aromatic rings. The van der Waals surface area contributed by atoms with E-state index < -0.39 is 32.3 Å². The van der Waals surface area contributed by atoms with Crippen LogP contribution >= 0.6 is 8.25 Å². The fraction of sp³-hybridized carbons (Fsp3) is 0.258. The molecule has 6 rings (SSSR count). The Kier molecular flexibility index (Phi) is 8.51. The summed E-state index contributed by atoms with van der Waals surface area (Å²) in [6.45, 7) is 0.00104. The van der Waals surface area contributed by atoms with Gasteiger partial charge in [0.2, 0.25) is 0 Å². The second-order valence-electron chi connectivity index (χ2n) is 10.1. The maximum Gasteiger partial charge on any atom is 0.695 e. The zero-order valence-corrected chi connectivity index (χ0v) is 24.9. The fourth-order valence-corrected chi connectivity index (χ4v) is 6.06. The second-order valence-corrected chi connectivity index (χ2v) is 10.8. The van der Waals surface area contributed by atoms with Gasteiger partial charge in [0.15, 0.2) is 11.5 Å². The van der Waals surface area contributed by atoms with Gasteiger partial charge in [-0.1, -0.05) is 54.6 Å². The van der Waals surface area contributed by atoms with Crippen LogP contribution in [0.15, 0.2) is 91.5 Å². The average molecular weight is 617 g/mol. The van der Waals surface area contributed by atoms with Gasteiger partial charge < -0.3 is 24.7 Å². The highest BCUT2D eigenvalue weighted by atomic mass is 31.1. The summed E-state index contributed by atoms with van der Waals surface area (Å²) >= 11 is 0. The van der Waals surface area contributed by atoms with E-state index in [1.165, 1.54) is 6.33 Å². The van der Waals surface area contributed by atoms with E-state index in [1.54, 1.807) is 25.1 Å². The molecule has 2 aromatic heterocycles. The van der Waals surface area contributed by atoms with Crippen molar-refractivity contribution in [2.45, 2.75) is 30.5 Å². The number of imidazole rings is 1. The minimum Gasteiger partial charge on any atom is -0.497 e. The second kappa shape index (κ2) is 12.7. The maximum atomic E-state index is 11.9. The Morgan fingerprint density at radius 1 is 0.932 bits per heavy atom. The number of ether oxygens (including phenoxy) is 4. The highest BCUT2D eigenvalue weighted by molar-refractivity contribution is 7.32. The van der Waals surface area contributed by atoms with Crippen molar-refractivity contribution in [3.8, 4) is 11.5 Å². The summed E-state index contributed by atoms with van der Waals surface area (Å²) in [7, 11) is 0.309. The number of hydrogen-bond donors (Lipinski definition) is 2. The van der Waals surface area contributed by atoms with Gasteiger partial charge in [0.1, 0.15) is 47.4 Å². The van der Waals surface area contributed by atoms with Gasteiger partial charge in [-0.2, -0.15) is 0 Å². The van der Waals surface area contributed by atoms with E-state index in [9.17, 15) is 9.46 Å². The van der Waals surface area contributed by atoms with E-state index in [0.717, 1.165) is 16.7 Å². The van der Waals surface area contributed by atoms with E-state index in [0.29, 0.717) is 22.7 Å². The van der Waals surface area contributed by atoms with Crippen LogP contribution in [0.25, 0.3) is 11.2 Å². The molecular formula is C31H31N5O7P+. The highest BCUT2D eigenvalue weighted by Crippen LogP contribution is 2.44. The van der Waals surface area contributed by atoms with Crippen molar-refractivity contribution in [2.24, 2.45) is 0 Å². The van der Waals surface area contributed by atoms with Gasteiger partial charge in [0.25, 0.3) is 0 Å². The fourth-order valence-electron chi connectivity index (χ4n) is 5.61. The van der Waals surface area contributed by atoms with Crippen molar-refractivity contribution < 1.29 is 32.9 Å². The summed E-state index contributed by atoms with van der Waals surface area (Å²) < 4.78 is 43.3. The standard InChI is InChI=1S/C31H30N5O7P/c1-39-23-12-8-21(9-13-23)31(20-6-4-3-5-7-20,22-10-14-24(40-2)15-11-22)41-17-26-25(43-44(37)38)16-27(42-26)36-19-35-28-29(32)33-18-34-30(28)36/h3-15,18-19,25-27H,16-17H2,1-2H3,(H2-,32,33,34,37,38)/p+1/t25-,26+,27+/m0/s1. The van der Waals surface area contributed by atoms with Crippen molar-refractivity contribution in [3.05, 3.63) is 108 Å². The third-order valence-corrected chi connectivity index (χ3v) is 8.19. The lowest BCUT2D eigenvalue weighted by Crippen LogP contribution is -2.38. The predicted molar refractivity (Wildman–Crippen MR) is 161 cm³/mol. The Morgan fingerprint density at radius 3 is 2.14 bits per heavy atom. The first-order valence-electron chi connectivity index (χ1n) is 13.8. The van der Waals surface area contributed by atoms with Gasteiger partial charge in [0.05, 0.1) is 27.2 Å². The maximum absolute atomic E-state index is 11.9. The lowest BCUT2D eigenvalue weighted by Gasteiger charge is -2.37. The molecule has 3 aromatic carbocycles. The van der Waals surface area contributed by atoms with Gasteiger partial charge in [-0.05, 0) is 41.0 Å². The van der Waals surface area contributed by atoms with Gasteiger partial charge >= 0.3 is 8.25 Å². The molecule has 0 bridgehead atoms. The number of rotatable bonds is 11. The van der Waals surface area contributed by atoms with Crippen LogP contribution in [0.4, 0.5) is 5.82 Å². The summed E-state index contributed by atoms with van der Waals surface area (Å²) in [6.07, 6.45) is 1.03. The third-order valence-electron chi connectivity index (χ3n) is 7.74. The molecule has 0 radical (unpaired) electrons. The number of nitrogens with zero attached hydrogens (tertiary/aromatic N) is 4. The summed E-state index contributed by atoms with van der Waals surface area (Å²) in [5, 5.41) is 0. The van der Waals surface area contributed by atoms with Gasteiger partial charge in [-0.15, -0.1) is 9.42 Å². The number of benzene rings is 3. The largest absolute Gasteiger partial charge is 0.695 e. The van der Waals surface area contributed by atoms with Crippen molar-refractivity contribution in [1.29, 1.82) is 0 Å². The molecule has 1 unspecified atom stereocenters. The molecular weight excluding hydrogens is 585 g/mol. The summed E-state index contributed by atoms with van der Waals surface area (Å²) in [5.41, 5.74) is 8.32. The van der Waals surface area contributed by atoms with Crippen LogP contribution < -0.4 is 15.2 Å². The molecule has 1 aliphatic rings. The van der Waals surface area contributed by atoms with Crippen molar-refractivity contribution in [1.82, 2.24) is 19.5 Å². The number of anilines is 1. The van der Waals surface area contributed by atoms with E-state index in [-0.39, 0.29) is 18.8 Å². The molecule has 0 saturated carbocycles. The molecule has 1 aliphatic heterocycles. The molecule has 3 heterocycles. The summed E-state index contributed by atoms with van der Waals surface area (Å²) in [4.78, 5) is 22.4. The van der Waals surface area contributed by atoms with Gasteiger partial charge in [-0.3, -0.25) is 4.57 Å². The first-order chi connectivity index (χ1) is 21.4. The Labute approximate surface area is 254 Å². The molecule has 44 heavy (non-hydrogen) atoms. The number of nitrogens with two attached hydrogens (primary N) is 1. The van der Waals surface area contributed by atoms with E-state index >= 15 is 0 Å². The number of hydrogen-bond acceptors (Lipinski definition) is 10. The average Bonchev–Trinajstić information content (AvgIpc) is 3.67. The summed E-state index contributed by atoms with van der Waals surface area (Å²) in [5.74, 6) is 1.64. The van der Waals surface area contributed by atoms with Crippen LogP contribution in [0, 0.1) is 0 Å². The lowest BCUT2D eigenvalue weighted by atomic mass is 9.80. The van der Waals surface area contributed by atoms with Gasteiger partial charge in [0, 0.05) is 11.0 Å². The van der Waals surface area contributed by atoms with Crippen LogP contribution in [-0.4, -0.2) is 57.4 Å². The van der Waals surface area contributed by atoms with Crippen molar-refractivity contribution >= 4 is 25.2 Å². The zero-order chi connectivity index (χ0) is 30.7. The molecule has 12 nitrogen and oxygen atoms in total. The molecule has 0 amide bonds. The van der Waals surface area contributed by atoms with Crippen LogP contribution in [0.5, 0.6) is 11.5 Å². The van der Waals surface area contributed by atoms with E-state index in [2.05, 4.69) is 15.0 Å². The third kappa shape index (κ3) is 5.61. The zero-order valence-electron chi connectivity index (χ0n) is 24.0. The van der Waals surface area contributed by atoms with Gasteiger partial charge in [-0.25, -0.2) is 15.0 Å². The monoisotopic (exact) mass is 616 g/mol. The van der Waals surface area contributed by atoms with Crippen molar-refractivity contribution in [3.63, 3.8) is 0 Å². The number of aromatic nitrogens is 4. The summed E-state index contributed by atoms with van der Waals surface area (Å²) in [6, 6.07) is 25.1. The molecule has 1 fully saturated rings. The first-order valence-corrected chi connectivity index (χ1v) is 15.0. The molecule has 13 heteroatoms. The van der Waals surface area contributed by atoms with Crippen LogP contribution in [0.1, 0.15) is 29.3 Å². The molecule has 3 N–H and O–H groups in total.